The summed E-state index contributed by atoms with van der Waals surface area (Å²) >= 11 is 3.27. The van der Waals surface area contributed by atoms with Gasteiger partial charge in [-0.2, -0.15) is 0 Å². The maximum Gasteiger partial charge on any atom is 0.329 e. The Morgan fingerprint density at radius 2 is 2.33 bits per heavy atom. The van der Waals surface area contributed by atoms with Crippen LogP contribution < -0.4 is 0 Å². The van der Waals surface area contributed by atoms with Crippen molar-refractivity contribution in [2.75, 3.05) is 11.9 Å². The normalized spacial score (nSPS) is 35.3. The molecule has 2 rings (SSSR count). The zero-order chi connectivity index (χ0) is 11.1. The standard InChI is InChI=1S/C10H14BrNO3/c1-2-10(6-11)9(14)12-5-3-4-7(12)8(13)15-10/h7H,2-6H2,1H3/t7-,10+/m1/s1. The van der Waals surface area contributed by atoms with Gasteiger partial charge in [0.05, 0.1) is 5.33 Å². The van der Waals surface area contributed by atoms with E-state index in [1.54, 1.807) is 4.90 Å². The molecular weight excluding hydrogens is 262 g/mol. The third-order valence-corrected chi connectivity index (χ3v) is 4.16. The molecule has 4 nitrogen and oxygen atoms in total. The first-order chi connectivity index (χ1) is 7.14. The Labute approximate surface area is 97.1 Å². The van der Waals surface area contributed by atoms with Crippen LogP contribution in [0.3, 0.4) is 0 Å². The lowest BCUT2D eigenvalue weighted by Gasteiger charge is -2.40. The molecule has 2 fully saturated rings. The molecule has 0 saturated carbocycles. The van der Waals surface area contributed by atoms with E-state index in [9.17, 15) is 9.59 Å². The molecule has 2 saturated heterocycles. The Morgan fingerprint density at radius 3 is 2.93 bits per heavy atom. The summed E-state index contributed by atoms with van der Waals surface area (Å²) in [5.74, 6) is -0.280. The summed E-state index contributed by atoms with van der Waals surface area (Å²) in [5.41, 5.74) is -0.960. The first kappa shape index (κ1) is 10.9. The van der Waals surface area contributed by atoms with E-state index in [1.165, 1.54) is 0 Å². The highest BCUT2D eigenvalue weighted by atomic mass is 79.9. The van der Waals surface area contributed by atoms with E-state index in [-0.39, 0.29) is 17.9 Å². The minimum atomic E-state index is -0.960. The smallest absolute Gasteiger partial charge is 0.329 e. The predicted molar refractivity (Wildman–Crippen MR) is 57.6 cm³/mol. The lowest BCUT2D eigenvalue weighted by atomic mass is 9.98. The summed E-state index contributed by atoms with van der Waals surface area (Å²) in [6.07, 6.45) is 2.16. The monoisotopic (exact) mass is 275 g/mol. The topological polar surface area (TPSA) is 46.6 Å². The van der Waals surface area contributed by atoms with E-state index in [0.29, 0.717) is 18.3 Å². The molecule has 0 aromatic heterocycles. The summed E-state index contributed by atoms with van der Waals surface area (Å²) in [7, 11) is 0. The number of rotatable bonds is 2. The summed E-state index contributed by atoms with van der Waals surface area (Å²) < 4.78 is 5.32. The fourth-order valence-corrected chi connectivity index (χ4v) is 2.97. The van der Waals surface area contributed by atoms with E-state index in [2.05, 4.69) is 15.9 Å². The maximum absolute atomic E-state index is 12.2. The Kier molecular flexibility index (Phi) is 2.75. The van der Waals surface area contributed by atoms with Crippen molar-refractivity contribution in [1.82, 2.24) is 4.90 Å². The van der Waals surface area contributed by atoms with E-state index in [4.69, 9.17) is 4.74 Å². The summed E-state index contributed by atoms with van der Waals surface area (Å²) in [4.78, 5) is 25.6. The van der Waals surface area contributed by atoms with Crippen molar-refractivity contribution in [3.63, 3.8) is 0 Å². The summed E-state index contributed by atoms with van der Waals surface area (Å²) in [6.45, 7) is 2.55. The zero-order valence-corrected chi connectivity index (χ0v) is 10.2. The molecule has 0 unspecified atom stereocenters. The van der Waals surface area contributed by atoms with E-state index >= 15 is 0 Å². The highest BCUT2D eigenvalue weighted by Gasteiger charge is 2.52. The average Bonchev–Trinajstić information content (AvgIpc) is 2.73. The van der Waals surface area contributed by atoms with Crippen LogP contribution in [0.4, 0.5) is 0 Å². The number of esters is 1. The molecule has 2 aliphatic rings. The quantitative estimate of drug-likeness (QED) is 0.560. The molecule has 0 bridgehead atoms. The molecule has 15 heavy (non-hydrogen) atoms. The van der Waals surface area contributed by atoms with Crippen molar-refractivity contribution in [2.45, 2.75) is 37.8 Å². The number of hydrogen-bond donors (Lipinski definition) is 0. The van der Waals surface area contributed by atoms with Crippen LogP contribution in [-0.2, 0) is 14.3 Å². The molecule has 2 heterocycles. The Morgan fingerprint density at radius 1 is 1.60 bits per heavy atom. The van der Waals surface area contributed by atoms with Crippen molar-refractivity contribution in [2.24, 2.45) is 0 Å². The van der Waals surface area contributed by atoms with Gasteiger partial charge in [0.2, 0.25) is 0 Å². The van der Waals surface area contributed by atoms with Gasteiger partial charge >= 0.3 is 5.97 Å². The highest BCUT2D eigenvalue weighted by Crippen LogP contribution is 2.33. The largest absolute Gasteiger partial charge is 0.446 e. The van der Waals surface area contributed by atoms with E-state index in [1.807, 2.05) is 6.92 Å². The van der Waals surface area contributed by atoms with Crippen LogP contribution in [0, 0.1) is 0 Å². The highest BCUT2D eigenvalue weighted by molar-refractivity contribution is 9.09. The van der Waals surface area contributed by atoms with Crippen molar-refractivity contribution in [1.29, 1.82) is 0 Å². The second kappa shape index (κ2) is 3.77. The maximum atomic E-state index is 12.2. The minimum absolute atomic E-state index is 0.0380. The van der Waals surface area contributed by atoms with E-state index in [0.717, 1.165) is 12.8 Å². The number of hydrogen-bond acceptors (Lipinski definition) is 3. The average molecular weight is 276 g/mol. The number of carbonyl (C=O) groups is 2. The first-order valence-corrected chi connectivity index (χ1v) is 6.36. The second-order valence-electron chi connectivity index (χ2n) is 4.06. The van der Waals surface area contributed by atoms with Crippen LogP contribution in [0.15, 0.2) is 0 Å². The molecule has 0 aliphatic carbocycles. The van der Waals surface area contributed by atoms with Gasteiger partial charge in [-0.15, -0.1) is 0 Å². The lowest BCUT2D eigenvalue weighted by molar-refractivity contribution is -0.188. The van der Waals surface area contributed by atoms with Crippen LogP contribution in [0.2, 0.25) is 0 Å². The van der Waals surface area contributed by atoms with Gasteiger partial charge in [0.15, 0.2) is 5.60 Å². The van der Waals surface area contributed by atoms with Crippen molar-refractivity contribution < 1.29 is 14.3 Å². The number of nitrogens with zero attached hydrogens (tertiary/aromatic N) is 1. The molecule has 2 aliphatic heterocycles. The van der Waals surface area contributed by atoms with Crippen molar-refractivity contribution in [3.8, 4) is 0 Å². The molecule has 5 heteroatoms. The molecule has 2 atom stereocenters. The van der Waals surface area contributed by atoms with Crippen molar-refractivity contribution >= 4 is 27.8 Å². The number of ether oxygens (including phenoxy) is 1. The summed E-state index contributed by atoms with van der Waals surface area (Å²) in [6, 6.07) is -0.323. The number of morpholine rings is 1. The molecule has 0 aromatic carbocycles. The predicted octanol–water partition coefficient (Wildman–Crippen LogP) is 1.08. The molecule has 0 N–H and O–H groups in total. The number of cyclic esters (lactones) is 1. The van der Waals surface area contributed by atoms with Crippen LogP contribution in [0.25, 0.3) is 0 Å². The number of alkyl halides is 1. The van der Waals surface area contributed by atoms with Crippen LogP contribution >= 0.6 is 15.9 Å². The Hall–Kier alpha value is -0.580. The minimum Gasteiger partial charge on any atom is -0.446 e. The number of amides is 1. The molecule has 0 spiro atoms. The van der Waals surface area contributed by atoms with Gasteiger partial charge in [-0.25, -0.2) is 4.79 Å². The van der Waals surface area contributed by atoms with Gasteiger partial charge < -0.3 is 9.64 Å². The third kappa shape index (κ3) is 1.48. The van der Waals surface area contributed by atoms with Crippen LogP contribution in [-0.4, -0.2) is 40.3 Å². The molecule has 1 amide bonds. The van der Waals surface area contributed by atoms with Gasteiger partial charge in [-0.05, 0) is 19.3 Å². The molecule has 0 radical (unpaired) electrons. The number of halogens is 1. The van der Waals surface area contributed by atoms with Gasteiger partial charge in [-0.1, -0.05) is 22.9 Å². The second-order valence-corrected chi connectivity index (χ2v) is 4.62. The fourth-order valence-electron chi connectivity index (χ4n) is 2.22. The van der Waals surface area contributed by atoms with Crippen LogP contribution in [0.5, 0.6) is 0 Å². The van der Waals surface area contributed by atoms with Gasteiger partial charge in [0.25, 0.3) is 5.91 Å². The molecular formula is C10H14BrNO3. The number of fused-ring (bicyclic) bond motifs is 1. The van der Waals surface area contributed by atoms with Crippen molar-refractivity contribution in [3.05, 3.63) is 0 Å². The fraction of sp³-hybridized carbons (Fsp3) is 0.800. The first-order valence-electron chi connectivity index (χ1n) is 5.24. The van der Waals surface area contributed by atoms with Gasteiger partial charge in [-0.3, -0.25) is 4.79 Å². The summed E-state index contributed by atoms with van der Waals surface area (Å²) in [5, 5.41) is 0.379. The Balaban J connectivity index is 2.31. The zero-order valence-electron chi connectivity index (χ0n) is 8.66. The molecule has 84 valence electrons. The SMILES string of the molecule is CC[C@@]1(CBr)OC(=O)[C@H]2CCCN2C1=O. The van der Waals surface area contributed by atoms with Crippen LogP contribution in [0.1, 0.15) is 26.2 Å². The Bertz CT molecular complexity index is 301. The lowest BCUT2D eigenvalue weighted by Crippen LogP contribution is -2.61. The molecule has 0 aromatic rings. The third-order valence-electron chi connectivity index (χ3n) is 3.26. The van der Waals surface area contributed by atoms with Gasteiger partial charge in [0, 0.05) is 6.54 Å². The number of carbonyl (C=O) groups excluding carboxylic acids is 2. The van der Waals surface area contributed by atoms with Gasteiger partial charge in [0.1, 0.15) is 6.04 Å². The van der Waals surface area contributed by atoms with E-state index < -0.39 is 5.60 Å².